The summed E-state index contributed by atoms with van der Waals surface area (Å²) in [6.45, 7) is 3.47. The van der Waals surface area contributed by atoms with Gasteiger partial charge in [0.05, 0.1) is 6.42 Å². The average Bonchev–Trinajstić information content (AvgIpc) is 2.36. The van der Waals surface area contributed by atoms with Gasteiger partial charge < -0.3 is 22.0 Å². The van der Waals surface area contributed by atoms with Gasteiger partial charge in [-0.15, -0.1) is 0 Å². The van der Waals surface area contributed by atoms with Gasteiger partial charge in [-0.05, 0) is 19.4 Å². The third-order valence-electron chi connectivity index (χ3n) is 2.82. The second kappa shape index (κ2) is 6.74. The van der Waals surface area contributed by atoms with E-state index in [0.29, 0.717) is 5.56 Å². The predicted octanol–water partition coefficient (Wildman–Crippen LogP) is 0.0938. The van der Waals surface area contributed by atoms with Crippen LogP contribution in [-0.4, -0.2) is 28.4 Å². The number of amides is 2. The van der Waals surface area contributed by atoms with E-state index in [9.17, 15) is 9.59 Å². The Morgan fingerprint density at radius 2 is 1.81 bits per heavy atom. The summed E-state index contributed by atoms with van der Waals surface area (Å²) < 4.78 is 0. The molecule has 114 valence electrons. The molecule has 0 saturated heterocycles. The first kappa shape index (κ1) is 16.5. The quantitative estimate of drug-likeness (QED) is 0.256. The molecule has 7 heteroatoms. The monoisotopic (exact) mass is 292 g/mol. The largest absolute Gasteiger partial charge is 0.409 e. The van der Waals surface area contributed by atoms with Gasteiger partial charge in [0, 0.05) is 17.5 Å². The highest BCUT2D eigenvalue weighted by molar-refractivity contribution is 5.97. The Morgan fingerprint density at radius 1 is 1.24 bits per heavy atom. The summed E-state index contributed by atoms with van der Waals surface area (Å²) in [5.74, 6) is -0.671. The van der Waals surface area contributed by atoms with Crippen LogP contribution >= 0.6 is 0 Å². The van der Waals surface area contributed by atoms with E-state index in [1.807, 2.05) is 0 Å². The molecule has 7 nitrogen and oxygen atoms in total. The Kier molecular flexibility index (Phi) is 5.29. The summed E-state index contributed by atoms with van der Waals surface area (Å²) >= 11 is 0. The van der Waals surface area contributed by atoms with Crippen LogP contribution in [0.1, 0.15) is 31.4 Å². The van der Waals surface area contributed by atoms with Gasteiger partial charge >= 0.3 is 0 Å². The first-order chi connectivity index (χ1) is 9.73. The zero-order valence-electron chi connectivity index (χ0n) is 12.1. The Morgan fingerprint density at radius 3 is 2.29 bits per heavy atom. The van der Waals surface area contributed by atoms with Crippen LogP contribution in [-0.2, 0) is 16.0 Å². The maximum Gasteiger partial charge on any atom is 0.224 e. The highest BCUT2D eigenvalue weighted by Crippen LogP contribution is 2.09. The number of rotatable bonds is 6. The summed E-state index contributed by atoms with van der Waals surface area (Å²) in [6.07, 6.45) is 0.236. The van der Waals surface area contributed by atoms with Crippen molar-refractivity contribution in [2.24, 2.45) is 16.6 Å². The van der Waals surface area contributed by atoms with Crippen molar-refractivity contribution >= 4 is 17.6 Å². The molecule has 1 aromatic carbocycles. The number of oxime groups is 1. The topological polar surface area (TPSA) is 131 Å². The molecule has 0 atom stereocenters. The van der Waals surface area contributed by atoms with Crippen LogP contribution in [0.2, 0.25) is 0 Å². The zero-order valence-corrected chi connectivity index (χ0v) is 12.1. The molecule has 2 amide bonds. The van der Waals surface area contributed by atoms with Crippen LogP contribution in [0.5, 0.6) is 0 Å². The zero-order chi connectivity index (χ0) is 16.0. The molecule has 0 fully saturated rings. The lowest BCUT2D eigenvalue weighted by molar-refractivity contribution is -0.123. The second-order valence-corrected chi connectivity index (χ2v) is 5.43. The molecule has 0 heterocycles. The number of carbonyl (C=O) groups excluding carboxylic acids is 2. The Hall–Kier alpha value is -2.57. The van der Waals surface area contributed by atoms with Gasteiger partial charge in [-0.25, -0.2) is 0 Å². The number of nitrogens with one attached hydrogen (secondary N) is 1. The van der Waals surface area contributed by atoms with E-state index in [-0.39, 0.29) is 24.6 Å². The minimum Gasteiger partial charge on any atom is -0.409 e. The molecule has 0 aliphatic rings. The van der Waals surface area contributed by atoms with Crippen molar-refractivity contribution in [3.8, 4) is 0 Å². The number of amidine groups is 1. The van der Waals surface area contributed by atoms with E-state index in [1.165, 1.54) is 0 Å². The van der Waals surface area contributed by atoms with Crippen LogP contribution in [0.15, 0.2) is 29.4 Å². The van der Waals surface area contributed by atoms with Crippen molar-refractivity contribution < 1.29 is 14.8 Å². The van der Waals surface area contributed by atoms with Crippen LogP contribution in [0.25, 0.3) is 0 Å². The Balaban J connectivity index is 2.65. The van der Waals surface area contributed by atoms with Crippen molar-refractivity contribution in [2.45, 2.75) is 32.2 Å². The van der Waals surface area contributed by atoms with Crippen LogP contribution in [0, 0.1) is 0 Å². The van der Waals surface area contributed by atoms with E-state index < -0.39 is 11.4 Å². The van der Waals surface area contributed by atoms with Crippen LogP contribution < -0.4 is 16.8 Å². The molecule has 1 aromatic rings. The Bertz CT molecular complexity index is 550. The molecular weight excluding hydrogens is 272 g/mol. The van der Waals surface area contributed by atoms with Crippen molar-refractivity contribution in [2.75, 3.05) is 0 Å². The van der Waals surface area contributed by atoms with Gasteiger partial charge in [-0.1, -0.05) is 29.4 Å². The molecule has 0 spiro atoms. The summed E-state index contributed by atoms with van der Waals surface area (Å²) in [5, 5.41) is 14.2. The van der Waals surface area contributed by atoms with Crippen molar-refractivity contribution in [1.82, 2.24) is 5.32 Å². The molecule has 0 bridgehead atoms. The number of benzene rings is 1. The lowest BCUT2D eigenvalue weighted by Gasteiger charge is -2.24. The SMILES string of the molecule is CC(C)(CC(N)=O)NC(=O)Cc1ccc(/C(N)=N/O)cc1. The van der Waals surface area contributed by atoms with E-state index in [0.717, 1.165) is 5.56 Å². The lowest BCUT2D eigenvalue weighted by Crippen LogP contribution is -2.46. The number of hydrogen-bond acceptors (Lipinski definition) is 4. The highest BCUT2D eigenvalue weighted by atomic mass is 16.4. The fourth-order valence-corrected chi connectivity index (χ4v) is 1.94. The minimum absolute atomic E-state index is 0.00796. The van der Waals surface area contributed by atoms with Gasteiger partial charge in [-0.3, -0.25) is 9.59 Å². The van der Waals surface area contributed by atoms with Crippen molar-refractivity contribution in [3.05, 3.63) is 35.4 Å². The molecular formula is C14H20N4O3. The van der Waals surface area contributed by atoms with Gasteiger partial charge in [0.2, 0.25) is 11.8 Å². The van der Waals surface area contributed by atoms with Gasteiger partial charge in [-0.2, -0.15) is 0 Å². The molecule has 6 N–H and O–H groups in total. The minimum atomic E-state index is -0.684. The highest BCUT2D eigenvalue weighted by Gasteiger charge is 2.22. The van der Waals surface area contributed by atoms with E-state index in [1.54, 1.807) is 38.1 Å². The van der Waals surface area contributed by atoms with Crippen molar-refractivity contribution in [1.29, 1.82) is 0 Å². The number of nitrogens with two attached hydrogens (primary N) is 2. The van der Waals surface area contributed by atoms with Gasteiger partial charge in [0.1, 0.15) is 0 Å². The van der Waals surface area contributed by atoms with E-state index in [4.69, 9.17) is 16.7 Å². The molecule has 21 heavy (non-hydrogen) atoms. The number of nitrogens with zero attached hydrogens (tertiary/aromatic N) is 1. The predicted molar refractivity (Wildman–Crippen MR) is 78.7 cm³/mol. The van der Waals surface area contributed by atoms with Crippen LogP contribution in [0.3, 0.4) is 0 Å². The molecule has 0 radical (unpaired) electrons. The van der Waals surface area contributed by atoms with E-state index in [2.05, 4.69) is 10.5 Å². The van der Waals surface area contributed by atoms with Crippen molar-refractivity contribution in [3.63, 3.8) is 0 Å². The summed E-state index contributed by atoms with van der Waals surface area (Å²) in [4.78, 5) is 22.8. The molecule has 1 rings (SSSR count). The van der Waals surface area contributed by atoms with Gasteiger partial charge in [0.25, 0.3) is 0 Å². The Labute approximate surface area is 123 Å². The normalized spacial score (nSPS) is 12.0. The fourth-order valence-electron chi connectivity index (χ4n) is 1.94. The third-order valence-corrected chi connectivity index (χ3v) is 2.82. The molecule has 0 saturated carbocycles. The maximum absolute atomic E-state index is 11.9. The average molecular weight is 292 g/mol. The summed E-state index contributed by atoms with van der Waals surface area (Å²) in [7, 11) is 0. The summed E-state index contributed by atoms with van der Waals surface area (Å²) in [6, 6.07) is 6.75. The smallest absolute Gasteiger partial charge is 0.224 e. The molecule has 0 aromatic heterocycles. The van der Waals surface area contributed by atoms with Gasteiger partial charge in [0.15, 0.2) is 5.84 Å². The molecule has 0 unspecified atom stereocenters. The number of primary amides is 1. The first-order valence-electron chi connectivity index (χ1n) is 6.39. The van der Waals surface area contributed by atoms with Crippen LogP contribution in [0.4, 0.5) is 0 Å². The maximum atomic E-state index is 11.9. The fraction of sp³-hybridized carbons (Fsp3) is 0.357. The molecule has 0 aliphatic carbocycles. The third kappa shape index (κ3) is 5.52. The number of carbonyl (C=O) groups is 2. The van der Waals surface area contributed by atoms with E-state index >= 15 is 0 Å². The lowest BCUT2D eigenvalue weighted by atomic mass is 9.99. The second-order valence-electron chi connectivity index (χ2n) is 5.43. The molecule has 0 aliphatic heterocycles. The standard InChI is InChI=1S/C14H20N4O3/c1-14(2,8-11(15)19)17-12(20)7-9-3-5-10(6-4-9)13(16)18-21/h3-6,21H,7-8H2,1-2H3,(H2,15,19)(H2,16,18)(H,17,20). The summed E-state index contributed by atoms with van der Waals surface area (Å²) in [5.41, 5.74) is 11.2. The number of hydrogen-bond donors (Lipinski definition) is 4. The first-order valence-corrected chi connectivity index (χ1v) is 6.39.